The van der Waals surface area contributed by atoms with Crippen LogP contribution in [0.25, 0.3) is 60.5 Å². The summed E-state index contributed by atoms with van der Waals surface area (Å²) in [7, 11) is 0. The van der Waals surface area contributed by atoms with Crippen LogP contribution in [0.2, 0.25) is 0 Å². The van der Waals surface area contributed by atoms with Crippen LogP contribution < -0.4 is 5.43 Å². The molecule has 0 bridgehead atoms. The van der Waals surface area contributed by atoms with Crippen LogP contribution in [-0.4, -0.2) is 16.4 Å². The Bertz CT molecular complexity index is 2290. The average molecular weight is 603 g/mol. The van der Waals surface area contributed by atoms with Crippen molar-refractivity contribution in [2.45, 2.75) is 0 Å². The number of nitrogens with one attached hydrogen (secondary N) is 2. The number of allylic oxidation sites excluding steroid dienone is 4. The first-order chi connectivity index (χ1) is 23.2. The third-order valence-electron chi connectivity index (χ3n) is 8.68. The summed E-state index contributed by atoms with van der Waals surface area (Å²) in [6.07, 6.45) is 9.49. The summed E-state index contributed by atoms with van der Waals surface area (Å²) in [4.78, 5) is 4.42. The number of hydrogen-bond acceptors (Lipinski definition) is 4. The van der Waals surface area contributed by atoms with Crippen molar-refractivity contribution < 1.29 is 0 Å². The van der Waals surface area contributed by atoms with Gasteiger partial charge in [-0.25, -0.2) is 0 Å². The van der Waals surface area contributed by atoms with Gasteiger partial charge in [0.25, 0.3) is 0 Å². The van der Waals surface area contributed by atoms with Crippen LogP contribution in [0.4, 0.5) is 5.69 Å². The average Bonchev–Trinajstić information content (AvgIpc) is 3.14. The van der Waals surface area contributed by atoms with Crippen molar-refractivity contribution >= 4 is 44.2 Å². The van der Waals surface area contributed by atoms with Crippen LogP contribution in [0.1, 0.15) is 5.56 Å². The van der Waals surface area contributed by atoms with Gasteiger partial charge in [0.2, 0.25) is 0 Å². The van der Waals surface area contributed by atoms with E-state index < -0.39 is 0 Å². The lowest BCUT2D eigenvalue weighted by Gasteiger charge is -2.17. The smallest absolute Gasteiger partial charge is 0.109 e. The van der Waals surface area contributed by atoms with Gasteiger partial charge in [0.15, 0.2) is 0 Å². The molecule has 8 rings (SSSR count). The molecule has 1 aliphatic carbocycles. The summed E-state index contributed by atoms with van der Waals surface area (Å²) in [5.41, 5.74) is 14.1. The summed E-state index contributed by atoms with van der Waals surface area (Å²) in [5.74, 6) is 0. The first kappa shape index (κ1) is 28.1. The molecule has 0 aliphatic heterocycles. The van der Waals surface area contributed by atoms with Crippen molar-refractivity contribution in [3.05, 3.63) is 176 Å². The summed E-state index contributed by atoms with van der Waals surface area (Å²) < 4.78 is 0. The Labute approximate surface area is 273 Å². The highest BCUT2D eigenvalue weighted by molar-refractivity contribution is 6.51. The Kier molecular flexibility index (Phi) is 7.29. The first-order valence-electron chi connectivity index (χ1n) is 15.7. The minimum atomic E-state index is 0.366. The Morgan fingerprint density at radius 3 is 1.64 bits per heavy atom. The van der Waals surface area contributed by atoms with Crippen molar-refractivity contribution in [1.29, 1.82) is 5.41 Å². The number of hydrogen-bond donors (Lipinski definition) is 2. The summed E-state index contributed by atoms with van der Waals surface area (Å²) >= 11 is 0. The molecular weight excluding hydrogens is 573 g/mol. The molecule has 47 heavy (non-hydrogen) atoms. The van der Waals surface area contributed by atoms with E-state index in [0.717, 1.165) is 28.0 Å². The van der Waals surface area contributed by atoms with Crippen molar-refractivity contribution in [2.75, 3.05) is 5.43 Å². The molecule has 0 fully saturated rings. The Balaban J connectivity index is 1.10. The zero-order chi connectivity index (χ0) is 31.6. The van der Waals surface area contributed by atoms with Crippen LogP contribution in [0.5, 0.6) is 0 Å². The third-order valence-corrected chi connectivity index (χ3v) is 8.68. The zero-order valence-corrected chi connectivity index (χ0v) is 25.6. The predicted molar refractivity (Wildman–Crippen MR) is 198 cm³/mol. The molecule has 4 nitrogen and oxygen atoms in total. The highest BCUT2D eigenvalue weighted by Gasteiger charge is 2.16. The van der Waals surface area contributed by atoms with E-state index in [-0.39, 0.29) is 0 Å². The number of hydrazone groups is 1. The van der Waals surface area contributed by atoms with E-state index in [2.05, 4.69) is 131 Å². The van der Waals surface area contributed by atoms with E-state index in [1.54, 1.807) is 6.08 Å². The van der Waals surface area contributed by atoms with Crippen molar-refractivity contribution in [3.8, 4) is 33.4 Å². The fourth-order valence-electron chi connectivity index (χ4n) is 6.39. The second-order valence-electron chi connectivity index (χ2n) is 11.6. The van der Waals surface area contributed by atoms with E-state index in [4.69, 9.17) is 5.41 Å². The van der Waals surface area contributed by atoms with Gasteiger partial charge in [-0.3, -0.25) is 15.8 Å². The number of anilines is 1. The van der Waals surface area contributed by atoms with Gasteiger partial charge < -0.3 is 0 Å². The minimum Gasteiger partial charge on any atom is -0.299 e. The molecule has 4 heteroatoms. The molecule has 1 aromatic heterocycles. The predicted octanol–water partition coefficient (Wildman–Crippen LogP) is 10.8. The standard InChI is InChI=1S/C43H30N4/c44-40-25-22-33(31-18-16-30(17-19-31)29-9-2-1-3-10-29)27-41(40)47-46-35-23-20-32(21-24-35)42-36-12-4-6-14-38(36)43(34-11-8-26-45-28-34)39-15-7-5-13-37(39)42/h1-28,44,46H/b44-40?,47-41-. The third kappa shape index (κ3) is 5.43. The lowest BCUT2D eigenvalue weighted by Crippen LogP contribution is -2.13. The Hall–Kier alpha value is -6.39. The topological polar surface area (TPSA) is 61.1 Å². The zero-order valence-electron chi connectivity index (χ0n) is 25.6. The van der Waals surface area contributed by atoms with E-state index in [0.29, 0.717) is 11.4 Å². The number of benzene rings is 6. The van der Waals surface area contributed by atoms with Gasteiger partial charge >= 0.3 is 0 Å². The number of nitrogens with zero attached hydrogens (tertiary/aromatic N) is 2. The van der Waals surface area contributed by atoms with Gasteiger partial charge in [-0.05, 0) is 90.8 Å². The molecule has 7 aromatic rings. The SMILES string of the molecule is N=C1C=CC(c2ccc(-c3ccccc3)cc2)=C/C1=N/Nc1ccc(-c2c3ccccc3c(-c3cccnc3)c3ccccc23)cc1. The summed E-state index contributed by atoms with van der Waals surface area (Å²) in [6.45, 7) is 0. The first-order valence-corrected chi connectivity index (χ1v) is 15.7. The molecule has 0 spiro atoms. The highest BCUT2D eigenvalue weighted by Crippen LogP contribution is 2.43. The van der Waals surface area contributed by atoms with Gasteiger partial charge in [0.05, 0.1) is 11.4 Å². The number of rotatable bonds is 6. The molecular formula is C43H30N4. The van der Waals surface area contributed by atoms with Gasteiger partial charge in [-0.1, -0.05) is 127 Å². The molecule has 0 atom stereocenters. The second-order valence-corrected chi connectivity index (χ2v) is 11.6. The van der Waals surface area contributed by atoms with Crippen molar-refractivity contribution in [2.24, 2.45) is 5.10 Å². The van der Waals surface area contributed by atoms with Gasteiger partial charge in [0.1, 0.15) is 5.71 Å². The van der Waals surface area contributed by atoms with Gasteiger partial charge in [-0.2, -0.15) is 5.10 Å². The summed E-state index contributed by atoms with van der Waals surface area (Å²) in [5, 5.41) is 17.9. The molecule has 0 saturated carbocycles. The van der Waals surface area contributed by atoms with Crippen molar-refractivity contribution in [3.63, 3.8) is 0 Å². The lowest BCUT2D eigenvalue weighted by molar-refractivity contribution is 1.33. The van der Waals surface area contributed by atoms with Crippen LogP contribution >= 0.6 is 0 Å². The fraction of sp³-hybridized carbons (Fsp3) is 0. The van der Waals surface area contributed by atoms with E-state index in [1.807, 2.05) is 48.8 Å². The lowest BCUT2D eigenvalue weighted by atomic mass is 9.86. The van der Waals surface area contributed by atoms with E-state index in [9.17, 15) is 0 Å². The molecule has 0 radical (unpaired) electrons. The Morgan fingerprint density at radius 2 is 1.02 bits per heavy atom. The molecule has 222 valence electrons. The quantitative estimate of drug-likeness (QED) is 0.113. The number of fused-ring (bicyclic) bond motifs is 2. The maximum absolute atomic E-state index is 8.48. The maximum atomic E-state index is 8.48. The molecule has 0 unspecified atom stereocenters. The van der Waals surface area contributed by atoms with Gasteiger partial charge in [-0.15, -0.1) is 0 Å². The van der Waals surface area contributed by atoms with Crippen LogP contribution in [0.3, 0.4) is 0 Å². The largest absolute Gasteiger partial charge is 0.299 e. The second kappa shape index (κ2) is 12.2. The summed E-state index contributed by atoms with van der Waals surface area (Å²) in [6, 6.07) is 48.6. The van der Waals surface area contributed by atoms with Crippen LogP contribution in [0.15, 0.2) is 175 Å². The fourth-order valence-corrected chi connectivity index (χ4v) is 6.39. The van der Waals surface area contributed by atoms with Crippen LogP contribution in [0, 0.1) is 5.41 Å². The van der Waals surface area contributed by atoms with Crippen LogP contribution in [-0.2, 0) is 0 Å². The van der Waals surface area contributed by atoms with Crippen molar-refractivity contribution in [1.82, 2.24) is 4.98 Å². The molecule has 0 saturated heterocycles. The number of pyridine rings is 1. The molecule has 1 heterocycles. The minimum absolute atomic E-state index is 0.366. The normalized spacial score (nSPS) is 13.7. The monoisotopic (exact) mass is 602 g/mol. The Morgan fingerprint density at radius 1 is 0.489 bits per heavy atom. The van der Waals surface area contributed by atoms with Gasteiger partial charge in [0, 0.05) is 18.0 Å². The molecule has 1 aliphatic rings. The number of aromatic nitrogens is 1. The molecule has 2 N–H and O–H groups in total. The van der Waals surface area contributed by atoms with E-state index >= 15 is 0 Å². The maximum Gasteiger partial charge on any atom is 0.109 e. The molecule has 6 aromatic carbocycles. The highest BCUT2D eigenvalue weighted by atomic mass is 15.3. The van der Waals surface area contributed by atoms with E-state index in [1.165, 1.54) is 43.8 Å². The molecule has 0 amide bonds.